The summed E-state index contributed by atoms with van der Waals surface area (Å²) in [4.78, 5) is 12.5. The number of hydrogen-bond donors (Lipinski definition) is 0. The lowest BCUT2D eigenvalue weighted by molar-refractivity contribution is 0.0535. The molecule has 1 aromatic carbocycles. The summed E-state index contributed by atoms with van der Waals surface area (Å²) in [5.41, 5.74) is 6.78. The van der Waals surface area contributed by atoms with Crippen LogP contribution in [0.5, 0.6) is 0 Å². The summed E-state index contributed by atoms with van der Waals surface area (Å²) in [5, 5.41) is 0. The highest BCUT2D eigenvalue weighted by molar-refractivity contribution is 5.89. The van der Waals surface area contributed by atoms with Gasteiger partial charge in [0.1, 0.15) is 6.61 Å². The summed E-state index contributed by atoms with van der Waals surface area (Å²) >= 11 is 0. The van der Waals surface area contributed by atoms with Gasteiger partial charge in [-0.2, -0.15) is 0 Å². The predicted octanol–water partition coefficient (Wildman–Crippen LogP) is 9.29. The average molecular weight is 485 g/mol. The third kappa shape index (κ3) is 7.09. The maximum Gasteiger partial charge on any atom is 0.338 e. The van der Waals surface area contributed by atoms with E-state index in [9.17, 15) is 4.79 Å². The predicted molar refractivity (Wildman–Crippen MR) is 154 cm³/mol. The van der Waals surface area contributed by atoms with Crippen molar-refractivity contribution in [2.45, 2.75) is 65.7 Å². The number of carbonyl (C=O) groups is 1. The van der Waals surface area contributed by atoms with Crippen molar-refractivity contribution in [1.82, 2.24) is 0 Å². The average Bonchev–Trinajstić information content (AvgIpc) is 2.87. The van der Waals surface area contributed by atoms with Crippen LogP contribution >= 0.6 is 0 Å². The van der Waals surface area contributed by atoms with E-state index in [-0.39, 0.29) is 11.4 Å². The van der Waals surface area contributed by atoms with Gasteiger partial charge in [0.25, 0.3) is 0 Å². The van der Waals surface area contributed by atoms with Gasteiger partial charge in [0.2, 0.25) is 0 Å². The summed E-state index contributed by atoms with van der Waals surface area (Å²) in [6.07, 6.45) is 15.9. The molecule has 0 N–H and O–H groups in total. The van der Waals surface area contributed by atoms with Crippen LogP contribution in [0.15, 0.2) is 91.1 Å². The standard InChI is InChI=1S/C34H44O2/c1-8-34(7)21-20-31(22-32(34)25(4)5)26(6)10-9-11-27-12-18-30(19-13-27)33(35)36-23-28-14-16-29(17-15-28)24(2)3/h8-9,11-14,18-19,29,31-32H,1-2,4,6,10,15-17,20-23H2,3,5,7H3/b11-9+/t29-,31+,32-,34+/m0/s1. The molecular formula is C34H44O2. The molecule has 0 spiro atoms. The van der Waals surface area contributed by atoms with Gasteiger partial charge >= 0.3 is 5.97 Å². The molecule has 2 heteroatoms. The van der Waals surface area contributed by atoms with E-state index in [0.29, 0.717) is 29.9 Å². The molecule has 4 atom stereocenters. The van der Waals surface area contributed by atoms with Crippen LogP contribution in [0.25, 0.3) is 6.08 Å². The van der Waals surface area contributed by atoms with E-state index < -0.39 is 0 Å². The molecule has 0 saturated heterocycles. The topological polar surface area (TPSA) is 26.3 Å². The van der Waals surface area contributed by atoms with Gasteiger partial charge in [-0.1, -0.05) is 79.8 Å². The maximum atomic E-state index is 12.5. The van der Waals surface area contributed by atoms with Gasteiger partial charge in [0, 0.05) is 0 Å². The monoisotopic (exact) mass is 484 g/mol. The zero-order valence-electron chi connectivity index (χ0n) is 22.7. The van der Waals surface area contributed by atoms with Crippen LogP contribution in [-0.4, -0.2) is 12.6 Å². The lowest BCUT2D eigenvalue weighted by atomic mass is 9.61. The third-order valence-corrected chi connectivity index (χ3v) is 8.41. The Morgan fingerprint density at radius 3 is 2.39 bits per heavy atom. The van der Waals surface area contributed by atoms with Crippen molar-refractivity contribution in [2.75, 3.05) is 6.61 Å². The van der Waals surface area contributed by atoms with Gasteiger partial charge in [-0.15, -0.1) is 6.58 Å². The maximum absolute atomic E-state index is 12.5. The number of ether oxygens (including phenoxy) is 1. The molecule has 0 heterocycles. The fourth-order valence-corrected chi connectivity index (χ4v) is 5.66. The van der Waals surface area contributed by atoms with Gasteiger partial charge in [0.15, 0.2) is 0 Å². The van der Waals surface area contributed by atoms with Gasteiger partial charge in [0.05, 0.1) is 5.56 Å². The highest BCUT2D eigenvalue weighted by Gasteiger charge is 2.38. The molecule has 0 unspecified atom stereocenters. The van der Waals surface area contributed by atoms with Crippen LogP contribution in [0.1, 0.15) is 81.6 Å². The molecule has 3 rings (SSSR count). The van der Waals surface area contributed by atoms with E-state index in [0.717, 1.165) is 50.5 Å². The van der Waals surface area contributed by atoms with E-state index in [1.807, 2.05) is 24.3 Å². The Kier molecular flexibility index (Phi) is 9.54. The second kappa shape index (κ2) is 12.4. The van der Waals surface area contributed by atoms with Crippen molar-refractivity contribution in [3.8, 4) is 0 Å². The minimum atomic E-state index is -0.266. The smallest absolute Gasteiger partial charge is 0.338 e. The van der Waals surface area contributed by atoms with Gasteiger partial charge in [-0.25, -0.2) is 4.79 Å². The molecule has 0 amide bonds. The molecule has 1 aromatic rings. The van der Waals surface area contributed by atoms with Crippen molar-refractivity contribution in [2.24, 2.45) is 23.2 Å². The first kappa shape index (κ1) is 27.7. The van der Waals surface area contributed by atoms with Crippen molar-refractivity contribution >= 4 is 12.0 Å². The summed E-state index contributed by atoms with van der Waals surface area (Å²) in [5.74, 6) is 1.28. The highest BCUT2D eigenvalue weighted by atomic mass is 16.5. The molecule has 2 aliphatic carbocycles. The summed E-state index contributed by atoms with van der Waals surface area (Å²) in [6.45, 7) is 23.7. The van der Waals surface area contributed by atoms with Crippen LogP contribution in [0.3, 0.4) is 0 Å². The fourth-order valence-electron chi connectivity index (χ4n) is 5.66. The molecule has 0 bridgehead atoms. The normalized spacial score (nSPS) is 26.2. The molecule has 0 aromatic heterocycles. The Morgan fingerprint density at radius 1 is 1.08 bits per heavy atom. The lowest BCUT2D eigenvalue weighted by Gasteiger charge is -2.43. The van der Waals surface area contributed by atoms with Crippen LogP contribution in [0.2, 0.25) is 0 Å². The molecule has 2 aliphatic rings. The molecular weight excluding hydrogens is 440 g/mol. The van der Waals surface area contributed by atoms with Gasteiger partial charge in [-0.3, -0.25) is 0 Å². The molecule has 1 fully saturated rings. The van der Waals surface area contributed by atoms with Crippen molar-refractivity contribution in [3.05, 3.63) is 102 Å². The zero-order valence-corrected chi connectivity index (χ0v) is 22.7. The van der Waals surface area contributed by atoms with Crippen molar-refractivity contribution < 1.29 is 9.53 Å². The second-order valence-electron chi connectivity index (χ2n) is 11.2. The molecule has 0 aliphatic heterocycles. The SMILES string of the molecule is C=C[C@]1(C)CC[C@@H](C(=C)C/C=C/c2ccc(C(=O)OCC3=CC[C@H](C(=C)C)CC3)cc2)C[C@H]1C(=C)C. The van der Waals surface area contributed by atoms with Crippen LogP contribution < -0.4 is 0 Å². The minimum absolute atomic E-state index is 0.141. The molecule has 0 radical (unpaired) electrons. The molecule has 192 valence electrons. The van der Waals surface area contributed by atoms with Crippen molar-refractivity contribution in [3.63, 3.8) is 0 Å². The zero-order chi connectivity index (χ0) is 26.3. The first-order chi connectivity index (χ1) is 17.1. The highest BCUT2D eigenvalue weighted by Crippen LogP contribution is 2.49. The summed E-state index contributed by atoms with van der Waals surface area (Å²) < 4.78 is 5.56. The van der Waals surface area contributed by atoms with Crippen LogP contribution in [-0.2, 0) is 4.74 Å². The molecule has 2 nitrogen and oxygen atoms in total. The first-order valence-corrected chi connectivity index (χ1v) is 13.4. The third-order valence-electron chi connectivity index (χ3n) is 8.41. The largest absolute Gasteiger partial charge is 0.458 e. The van der Waals surface area contributed by atoms with E-state index in [2.05, 4.69) is 71.4 Å². The van der Waals surface area contributed by atoms with E-state index >= 15 is 0 Å². The van der Waals surface area contributed by atoms with Gasteiger partial charge in [-0.05, 0) is 105 Å². The fraction of sp³-hybridized carbons (Fsp3) is 0.441. The summed E-state index contributed by atoms with van der Waals surface area (Å²) in [7, 11) is 0. The summed E-state index contributed by atoms with van der Waals surface area (Å²) in [6, 6.07) is 7.64. The first-order valence-electron chi connectivity index (χ1n) is 13.4. The lowest BCUT2D eigenvalue weighted by Crippen LogP contribution is -2.33. The number of hydrogen-bond acceptors (Lipinski definition) is 2. The number of allylic oxidation sites excluding steroid dienone is 6. The Hall–Kier alpha value is -2.87. The van der Waals surface area contributed by atoms with Crippen molar-refractivity contribution in [1.29, 1.82) is 0 Å². The number of benzene rings is 1. The quantitative estimate of drug-likeness (QED) is 0.244. The number of rotatable bonds is 10. The Morgan fingerprint density at radius 2 is 1.81 bits per heavy atom. The van der Waals surface area contributed by atoms with E-state index in [4.69, 9.17) is 4.74 Å². The van der Waals surface area contributed by atoms with E-state index in [1.54, 1.807) is 0 Å². The second-order valence-corrected chi connectivity index (χ2v) is 11.2. The van der Waals surface area contributed by atoms with Gasteiger partial charge < -0.3 is 4.74 Å². The minimum Gasteiger partial charge on any atom is -0.458 e. The van der Waals surface area contributed by atoms with Crippen LogP contribution in [0.4, 0.5) is 0 Å². The number of esters is 1. The molecule has 1 saturated carbocycles. The van der Waals surface area contributed by atoms with Crippen LogP contribution in [0, 0.1) is 23.2 Å². The molecule has 36 heavy (non-hydrogen) atoms. The Balaban J connectivity index is 1.47. The number of carbonyl (C=O) groups excluding carboxylic acids is 1. The Labute approximate surface area is 219 Å². The van der Waals surface area contributed by atoms with E-state index in [1.165, 1.54) is 22.3 Å². The Bertz CT molecular complexity index is 1050.